The number of aromatic nitrogens is 2. The lowest BCUT2D eigenvalue weighted by Gasteiger charge is -2.25. The van der Waals surface area contributed by atoms with Gasteiger partial charge in [0, 0.05) is 23.5 Å². The molecule has 2 rings (SSSR count). The minimum atomic E-state index is -1.94. The van der Waals surface area contributed by atoms with Crippen LogP contribution in [-0.4, -0.2) is 53.7 Å². The molecule has 142 valence electrons. The Bertz CT molecular complexity index is 882. The number of carboxylic acids is 2. The third-order valence-electron chi connectivity index (χ3n) is 3.06. The van der Waals surface area contributed by atoms with Crippen molar-refractivity contribution >= 4 is 17.8 Å². The number of aliphatic carboxylic acids is 2. The molecule has 0 saturated carbocycles. The number of hydrogen-bond acceptors (Lipinski definition) is 7. The van der Waals surface area contributed by atoms with E-state index in [2.05, 4.69) is 10.3 Å². The molecule has 1 aromatic heterocycles. The molecule has 0 spiro atoms. The fourth-order valence-corrected chi connectivity index (χ4v) is 1.77. The third kappa shape index (κ3) is 5.90. The van der Waals surface area contributed by atoms with Gasteiger partial charge in [-0.25, -0.2) is 4.79 Å². The van der Waals surface area contributed by atoms with E-state index >= 15 is 0 Å². The van der Waals surface area contributed by atoms with E-state index in [1.807, 2.05) is 4.98 Å². The molecule has 0 amide bonds. The van der Waals surface area contributed by atoms with E-state index in [0.29, 0.717) is 11.1 Å². The van der Waals surface area contributed by atoms with Gasteiger partial charge in [0.15, 0.2) is 0 Å². The van der Waals surface area contributed by atoms with E-state index in [1.165, 1.54) is 19.3 Å². The second-order valence-corrected chi connectivity index (χ2v) is 5.39. The molecule has 26 heavy (non-hydrogen) atoms. The number of carboxylic acid groups (broad SMARTS) is 2. The van der Waals surface area contributed by atoms with Gasteiger partial charge in [0.25, 0.3) is 5.56 Å². The number of aryl methyl sites for hydroxylation is 1. The first kappa shape index (κ1) is 20.6. The Kier molecular flexibility index (Phi) is 6.44. The van der Waals surface area contributed by atoms with Crippen molar-refractivity contribution in [2.45, 2.75) is 32.7 Å². The van der Waals surface area contributed by atoms with Crippen molar-refractivity contribution in [3.05, 3.63) is 44.4 Å². The van der Waals surface area contributed by atoms with Crippen LogP contribution < -0.4 is 16.6 Å². The topological polar surface area (TPSA) is 194 Å². The molecule has 0 fully saturated rings. The minimum absolute atomic E-state index is 0.306. The number of nitrogens with zero attached hydrogens (tertiary/aromatic N) is 2. The number of hydrogen-bond donors (Lipinski definition) is 6. The van der Waals surface area contributed by atoms with Gasteiger partial charge in [0.05, 0.1) is 0 Å². The molecule has 12 heteroatoms. The van der Waals surface area contributed by atoms with Gasteiger partial charge >= 0.3 is 17.6 Å². The zero-order valence-electron chi connectivity index (χ0n) is 13.9. The highest BCUT2D eigenvalue weighted by Gasteiger charge is 2.31. The zero-order valence-corrected chi connectivity index (χ0v) is 13.9. The number of aromatic amines is 1. The van der Waals surface area contributed by atoms with E-state index in [9.17, 15) is 24.3 Å². The molecule has 0 aliphatic carbocycles. The van der Waals surface area contributed by atoms with Crippen molar-refractivity contribution in [2.24, 2.45) is 4.99 Å². The van der Waals surface area contributed by atoms with Crippen molar-refractivity contribution in [2.75, 3.05) is 0 Å². The van der Waals surface area contributed by atoms with Gasteiger partial charge in [-0.3, -0.25) is 23.9 Å². The van der Waals surface area contributed by atoms with Crippen LogP contribution in [0.25, 0.3) is 0 Å². The summed E-state index contributed by atoms with van der Waals surface area (Å²) in [5, 5.41) is 37.7. The Morgan fingerprint density at radius 3 is 2.35 bits per heavy atom. The standard InChI is InChI=1S/C7H10N2O4.C7H8N2O4/c1-4-3-8-7(13,2-5(10)11)9-6(4)12;1-4-2-9(3-5(10)11)7(13)8-6(4)12/h3,8,13H,2H2,1H3,(H,9,12)(H,10,11);2H,3H2,1H3,(H,10,11)(H,8,12,13). The Morgan fingerprint density at radius 2 is 1.85 bits per heavy atom. The lowest BCUT2D eigenvalue weighted by Crippen LogP contribution is -2.45. The lowest BCUT2D eigenvalue weighted by molar-refractivity contribution is -0.143. The number of nitrogens with one attached hydrogen (secondary N) is 2. The highest BCUT2D eigenvalue weighted by atomic mass is 16.4. The van der Waals surface area contributed by atoms with Crippen molar-refractivity contribution in [1.82, 2.24) is 14.9 Å². The lowest BCUT2D eigenvalue weighted by atomic mass is 10.2. The summed E-state index contributed by atoms with van der Waals surface area (Å²) in [5.74, 6) is -4.63. The van der Waals surface area contributed by atoms with E-state index in [-0.39, 0.29) is 5.90 Å². The minimum Gasteiger partial charge on any atom is -0.493 e. The number of aliphatic hydroxyl groups excluding tert-OH is 1. The van der Waals surface area contributed by atoms with Crippen LogP contribution in [0.2, 0.25) is 0 Å². The van der Waals surface area contributed by atoms with E-state index in [0.717, 1.165) is 4.57 Å². The Hall–Kier alpha value is -3.41. The van der Waals surface area contributed by atoms with E-state index < -0.39 is 42.0 Å². The number of aliphatic imine (C=N–C) groups is 1. The zero-order chi connectivity index (χ0) is 20.1. The summed E-state index contributed by atoms with van der Waals surface area (Å²) in [7, 11) is 0. The van der Waals surface area contributed by atoms with E-state index in [4.69, 9.17) is 15.3 Å². The number of carbonyl (C=O) groups is 2. The Morgan fingerprint density at radius 1 is 1.23 bits per heavy atom. The van der Waals surface area contributed by atoms with Crippen LogP contribution in [-0.2, 0) is 16.1 Å². The van der Waals surface area contributed by atoms with Crippen molar-refractivity contribution < 1.29 is 30.0 Å². The summed E-state index contributed by atoms with van der Waals surface area (Å²) in [6, 6.07) is 0. The van der Waals surface area contributed by atoms with Crippen molar-refractivity contribution in [3.63, 3.8) is 0 Å². The molecule has 1 aliphatic heterocycles. The molecule has 1 unspecified atom stereocenters. The predicted octanol–water partition coefficient (Wildman–Crippen LogP) is -1.50. The average Bonchev–Trinajstić information content (AvgIpc) is 2.48. The van der Waals surface area contributed by atoms with Crippen LogP contribution in [0.5, 0.6) is 0 Å². The van der Waals surface area contributed by atoms with Gasteiger partial charge in [-0.1, -0.05) is 0 Å². The Balaban J connectivity index is 0.000000260. The molecule has 1 aromatic rings. The first-order valence-electron chi connectivity index (χ1n) is 7.13. The second-order valence-electron chi connectivity index (χ2n) is 5.39. The van der Waals surface area contributed by atoms with Gasteiger partial charge < -0.3 is 25.7 Å². The Labute approximate surface area is 145 Å². The van der Waals surface area contributed by atoms with Gasteiger partial charge in [0.1, 0.15) is 13.0 Å². The SMILES string of the molecule is CC1=CNC(O)(CC(=O)O)N=C1O.Cc1cn(CC(=O)O)c(=O)[nH]c1=O. The fourth-order valence-electron chi connectivity index (χ4n) is 1.77. The molecular formula is C14H18N4O8. The number of H-pyrrole nitrogens is 1. The molecule has 0 radical (unpaired) electrons. The van der Waals surface area contributed by atoms with Crippen LogP contribution in [0.4, 0.5) is 0 Å². The van der Waals surface area contributed by atoms with Crippen LogP contribution in [0.1, 0.15) is 18.9 Å². The predicted molar refractivity (Wildman–Crippen MR) is 87.9 cm³/mol. The first-order valence-corrected chi connectivity index (χ1v) is 7.13. The summed E-state index contributed by atoms with van der Waals surface area (Å²) in [6.07, 6.45) is 1.92. The smallest absolute Gasteiger partial charge is 0.328 e. The highest BCUT2D eigenvalue weighted by molar-refractivity contribution is 5.92. The molecular weight excluding hydrogens is 352 g/mol. The van der Waals surface area contributed by atoms with Gasteiger partial charge in [-0.2, -0.15) is 4.99 Å². The van der Waals surface area contributed by atoms with Crippen molar-refractivity contribution in [3.8, 4) is 0 Å². The normalized spacial score (nSPS) is 18.6. The van der Waals surface area contributed by atoms with Gasteiger partial charge in [0.2, 0.25) is 11.7 Å². The second kappa shape index (κ2) is 8.11. The molecule has 12 nitrogen and oxygen atoms in total. The average molecular weight is 370 g/mol. The molecule has 1 atom stereocenters. The summed E-state index contributed by atoms with van der Waals surface area (Å²) >= 11 is 0. The molecule has 6 N–H and O–H groups in total. The molecule has 1 aliphatic rings. The summed E-state index contributed by atoms with van der Waals surface area (Å²) < 4.78 is 0.930. The quantitative estimate of drug-likeness (QED) is 0.365. The summed E-state index contributed by atoms with van der Waals surface area (Å²) in [5.41, 5.74) is -0.458. The van der Waals surface area contributed by atoms with E-state index in [1.54, 1.807) is 6.92 Å². The van der Waals surface area contributed by atoms with Crippen LogP contribution in [0.15, 0.2) is 32.6 Å². The maximum Gasteiger partial charge on any atom is 0.328 e. The van der Waals surface area contributed by atoms with Gasteiger partial charge in [-0.05, 0) is 13.8 Å². The largest absolute Gasteiger partial charge is 0.493 e. The highest BCUT2D eigenvalue weighted by Crippen LogP contribution is 2.14. The molecule has 0 saturated heterocycles. The van der Waals surface area contributed by atoms with Crippen molar-refractivity contribution in [1.29, 1.82) is 0 Å². The molecule has 0 aromatic carbocycles. The maximum absolute atomic E-state index is 11.0. The first-order chi connectivity index (χ1) is 11.9. The third-order valence-corrected chi connectivity index (χ3v) is 3.06. The molecule has 0 bridgehead atoms. The van der Waals surface area contributed by atoms with Gasteiger partial charge in [-0.15, -0.1) is 0 Å². The maximum atomic E-state index is 11.0. The monoisotopic (exact) mass is 370 g/mol. The molecule has 2 heterocycles. The van der Waals surface area contributed by atoms with Crippen LogP contribution >= 0.6 is 0 Å². The fraction of sp³-hybridized carbons (Fsp3) is 0.357. The summed E-state index contributed by atoms with van der Waals surface area (Å²) in [4.78, 5) is 47.8. The number of rotatable bonds is 4. The number of aliphatic hydroxyl groups is 2. The van der Waals surface area contributed by atoms with Crippen LogP contribution in [0, 0.1) is 6.92 Å². The van der Waals surface area contributed by atoms with Crippen LogP contribution in [0.3, 0.4) is 0 Å². The summed E-state index contributed by atoms with van der Waals surface area (Å²) in [6.45, 7) is 2.62.